The Bertz CT molecular complexity index is 486. The minimum atomic E-state index is 1.00. The predicted octanol–water partition coefficient (Wildman–Crippen LogP) is 4.81. The van der Waals surface area contributed by atoms with Crippen LogP contribution in [0.25, 0.3) is 19.5 Å². The maximum atomic E-state index is 7.00. The first kappa shape index (κ1) is 12.5. The average molecular weight is 280 g/mol. The van der Waals surface area contributed by atoms with Crippen molar-refractivity contribution in [3.8, 4) is 19.5 Å². The van der Waals surface area contributed by atoms with Crippen molar-refractivity contribution >= 4 is 34.0 Å². The van der Waals surface area contributed by atoms with Crippen LogP contribution in [-0.4, -0.2) is 12.2 Å². The Morgan fingerprint density at radius 1 is 0.706 bits per heavy atom. The van der Waals surface area contributed by atoms with Gasteiger partial charge in [0.2, 0.25) is 0 Å². The SMILES string of the molecule is CO.c1csc(-c2ccc(-c3cccs3)s2)c1. The van der Waals surface area contributed by atoms with Gasteiger partial charge in [-0.1, -0.05) is 12.1 Å². The van der Waals surface area contributed by atoms with Crippen molar-refractivity contribution in [1.29, 1.82) is 0 Å². The number of aliphatic hydroxyl groups is 1. The first-order chi connectivity index (χ1) is 8.43. The fourth-order valence-electron chi connectivity index (χ4n) is 1.44. The molecule has 0 fully saturated rings. The summed E-state index contributed by atoms with van der Waals surface area (Å²) in [4.78, 5) is 5.47. The maximum absolute atomic E-state index is 7.00. The lowest BCUT2D eigenvalue weighted by Crippen LogP contribution is -1.57. The number of aliphatic hydroxyl groups excluding tert-OH is 1. The summed E-state index contributed by atoms with van der Waals surface area (Å²) in [5, 5.41) is 11.2. The summed E-state index contributed by atoms with van der Waals surface area (Å²) < 4.78 is 0. The molecule has 0 aliphatic carbocycles. The average Bonchev–Trinajstić information content (AvgIpc) is 3.13. The van der Waals surface area contributed by atoms with Crippen LogP contribution in [0.3, 0.4) is 0 Å². The largest absolute Gasteiger partial charge is 0.400 e. The second kappa shape index (κ2) is 6.12. The highest BCUT2D eigenvalue weighted by Gasteiger charge is 2.05. The molecule has 3 aromatic heterocycles. The van der Waals surface area contributed by atoms with Crippen LogP contribution in [0.1, 0.15) is 0 Å². The minimum absolute atomic E-state index is 1.00. The van der Waals surface area contributed by atoms with Crippen LogP contribution >= 0.6 is 34.0 Å². The van der Waals surface area contributed by atoms with E-state index in [0.29, 0.717) is 0 Å². The Hall–Kier alpha value is -0.940. The predicted molar refractivity (Wildman–Crippen MR) is 79.1 cm³/mol. The molecule has 0 saturated heterocycles. The molecular formula is C13H12OS3. The normalized spacial score (nSPS) is 9.76. The molecule has 0 unspecified atom stereocenters. The van der Waals surface area contributed by atoms with Crippen molar-refractivity contribution in [3.63, 3.8) is 0 Å². The van der Waals surface area contributed by atoms with Crippen LogP contribution in [0.2, 0.25) is 0 Å². The van der Waals surface area contributed by atoms with Crippen molar-refractivity contribution in [2.75, 3.05) is 7.11 Å². The molecule has 0 aliphatic heterocycles. The van der Waals surface area contributed by atoms with Gasteiger partial charge < -0.3 is 5.11 Å². The Morgan fingerprint density at radius 2 is 1.18 bits per heavy atom. The van der Waals surface area contributed by atoms with Gasteiger partial charge in [-0.05, 0) is 35.0 Å². The van der Waals surface area contributed by atoms with E-state index in [0.717, 1.165) is 7.11 Å². The van der Waals surface area contributed by atoms with Crippen molar-refractivity contribution in [3.05, 3.63) is 47.2 Å². The molecule has 3 rings (SSSR count). The Labute approximate surface area is 113 Å². The Balaban J connectivity index is 0.000000514. The highest BCUT2D eigenvalue weighted by molar-refractivity contribution is 7.25. The summed E-state index contributed by atoms with van der Waals surface area (Å²) in [6, 6.07) is 13.0. The molecule has 0 bridgehead atoms. The Kier molecular flexibility index (Phi) is 4.50. The van der Waals surface area contributed by atoms with E-state index in [4.69, 9.17) is 5.11 Å². The third kappa shape index (κ3) is 2.84. The molecule has 3 heterocycles. The van der Waals surface area contributed by atoms with Crippen LogP contribution in [0.5, 0.6) is 0 Å². The molecule has 3 aromatic rings. The molecule has 1 nitrogen and oxygen atoms in total. The maximum Gasteiger partial charge on any atom is 0.0449 e. The molecule has 17 heavy (non-hydrogen) atoms. The zero-order valence-corrected chi connectivity index (χ0v) is 11.7. The van der Waals surface area contributed by atoms with Gasteiger partial charge in [0, 0.05) is 26.6 Å². The second-order valence-electron chi connectivity index (χ2n) is 3.12. The van der Waals surface area contributed by atoms with Gasteiger partial charge in [0.15, 0.2) is 0 Å². The van der Waals surface area contributed by atoms with Crippen molar-refractivity contribution in [2.45, 2.75) is 0 Å². The van der Waals surface area contributed by atoms with E-state index in [1.165, 1.54) is 19.5 Å². The van der Waals surface area contributed by atoms with Crippen LogP contribution < -0.4 is 0 Å². The van der Waals surface area contributed by atoms with Gasteiger partial charge in [-0.2, -0.15) is 0 Å². The van der Waals surface area contributed by atoms with Gasteiger partial charge in [-0.3, -0.25) is 0 Å². The third-order valence-corrected chi connectivity index (χ3v) is 5.35. The van der Waals surface area contributed by atoms with Crippen LogP contribution in [0, 0.1) is 0 Å². The van der Waals surface area contributed by atoms with Gasteiger partial charge in [0.1, 0.15) is 0 Å². The molecule has 0 saturated carbocycles. The van der Waals surface area contributed by atoms with Crippen LogP contribution in [-0.2, 0) is 0 Å². The Morgan fingerprint density at radius 3 is 1.53 bits per heavy atom. The zero-order valence-electron chi connectivity index (χ0n) is 9.29. The highest BCUT2D eigenvalue weighted by atomic mass is 32.1. The smallest absolute Gasteiger partial charge is 0.0449 e. The van der Waals surface area contributed by atoms with Gasteiger partial charge >= 0.3 is 0 Å². The first-order valence-electron chi connectivity index (χ1n) is 5.06. The zero-order chi connectivity index (χ0) is 12.1. The van der Waals surface area contributed by atoms with Crippen LogP contribution in [0.15, 0.2) is 47.2 Å². The van der Waals surface area contributed by atoms with E-state index in [-0.39, 0.29) is 0 Å². The van der Waals surface area contributed by atoms with Crippen molar-refractivity contribution in [2.24, 2.45) is 0 Å². The summed E-state index contributed by atoms with van der Waals surface area (Å²) in [5.41, 5.74) is 0. The first-order valence-corrected chi connectivity index (χ1v) is 7.63. The monoisotopic (exact) mass is 280 g/mol. The van der Waals surface area contributed by atoms with E-state index in [2.05, 4.69) is 47.2 Å². The summed E-state index contributed by atoms with van der Waals surface area (Å²) >= 11 is 5.47. The third-order valence-electron chi connectivity index (χ3n) is 2.13. The molecule has 0 aliphatic rings. The van der Waals surface area contributed by atoms with E-state index >= 15 is 0 Å². The van der Waals surface area contributed by atoms with Gasteiger partial charge in [0.05, 0.1) is 0 Å². The number of hydrogen-bond acceptors (Lipinski definition) is 4. The summed E-state index contributed by atoms with van der Waals surface area (Å²) in [6.07, 6.45) is 0. The van der Waals surface area contributed by atoms with Gasteiger partial charge in [-0.25, -0.2) is 0 Å². The molecule has 0 aromatic carbocycles. The molecule has 4 heteroatoms. The lowest BCUT2D eigenvalue weighted by Gasteiger charge is -1.89. The van der Waals surface area contributed by atoms with E-state index < -0.39 is 0 Å². The quantitative estimate of drug-likeness (QED) is 0.714. The van der Waals surface area contributed by atoms with Crippen molar-refractivity contribution in [1.82, 2.24) is 0 Å². The molecule has 0 radical (unpaired) electrons. The fourth-order valence-corrected chi connectivity index (χ4v) is 4.12. The fraction of sp³-hybridized carbons (Fsp3) is 0.0769. The summed E-state index contributed by atoms with van der Waals surface area (Å²) in [6.45, 7) is 0. The summed E-state index contributed by atoms with van der Waals surface area (Å²) in [7, 11) is 1.00. The molecule has 0 amide bonds. The molecule has 1 N–H and O–H groups in total. The summed E-state index contributed by atoms with van der Waals surface area (Å²) in [5.74, 6) is 0. The molecule has 0 atom stereocenters. The topological polar surface area (TPSA) is 20.2 Å². The number of rotatable bonds is 2. The number of thiophene rings is 3. The second-order valence-corrected chi connectivity index (χ2v) is 6.10. The lowest BCUT2D eigenvalue weighted by molar-refractivity contribution is 0.399. The van der Waals surface area contributed by atoms with E-state index in [1.54, 1.807) is 22.7 Å². The number of hydrogen-bond donors (Lipinski definition) is 1. The molecule has 88 valence electrons. The lowest BCUT2D eigenvalue weighted by atomic mass is 10.3. The van der Waals surface area contributed by atoms with Gasteiger partial charge in [-0.15, -0.1) is 34.0 Å². The van der Waals surface area contributed by atoms with E-state index in [1.807, 2.05) is 11.3 Å². The standard InChI is InChI=1S/C12H8S3.CH4O/c1-3-9(13-7-1)11-5-6-12(15-11)10-4-2-8-14-10;1-2/h1-8H;2H,1H3. The van der Waals surface area contributed by atoms with Gasteiger partial charge in [0.25, 0.3) is 0 Å². The minimum Gasteiger partial charge on any atom is -0.400 e. The van der Waals surface area contributed by atoms with Crippen molar-refractivity contribution < 1.29 is 5.11 Å². The van der Waals surface area contributed by atoms with E-state index in [9.17, 15) is 0 Å². The molecule has 0 spiro atoms. The molecular weight excluding hydrogens is 268 g/mol. The highest BCUT2D eigenvalue weighted by Crippen LogP contribution is 2.37. The van der Waals surface area contributed by atoms with Crippen LogP contribution in [0.4, 0.5) is 0 Å².